The number of hydrogen-bond acceptors (Lipinski definition) is 3. The van der Waals surface area contributed by atoms with Gasteiger partial charge in [-0.3, -0.25) is 0 Å². The van der Waals surface area contributed by atoms with Crippen LogP contribution in [0.25, 0.3) is 0 Å². The lowest BCUT2D eigenvalue weighted by Gasteiger charge is -2.18. The number of carbonyl (C=O) groups is 1. The highest BCUT2D eigenvalue weighted by atomic mass is 16.1. The van der Waals surface area contributed by atoms with Gasteiger partial charge in [-0.2, -0.15) is 0 Å². The lowest BCUT2D eigenvalue weighted by molar-refractivity contribution is -0.117. The van der Waals surface area contributed by atoms with E-state index in [9.17, 15) is 4.79 Å². The first-order chi connectivity index (χ1) is 6.52. The van der Waals surface area contributed by atoms with Crippen molar-refractivity contribution in [3.63, 3.8) is 0 Å². The molecule has 0 heterocycles. The van der Waals surface area contributed by atoms with Crippen molar-refractivity contribution in [1.82, 2.24) is 9.80 Å². The van der Waals surface area contributed by atoms with Gasteiger partial charge in [-0.25, -0.2) is 0 Å². The van der Waals surface area contributed by atoms with E-state index in [-0.39, 0.29) is 0 Å². The first-order valence-electron chi connectivity index (χ1n) is 5.35. The minimum atomic E-state index is 0.306. The van der Waals surface area contributed by atoms with Crippen LogP contribution in [0.4, 0.5) is 0 Å². The second-order valence-corrected chi connectivity index (χ2v) is 4.27. The van der Waals surface area contributed by atoms with Gasteiger partial charge in [0.15, 0.2) is 0 Å². The van der Waals surface area contributed by atoms with Crippen LogP contribution in [0.1, 0.15) is 26.2 Å². The van der Waals surface area contributed by atoms with E-state index in [0.29, 0.717) is 5.78 Å². The van der Waals surface area contributed by atoms with Crippen LogP contribution in [0.15, 0.2) is 0 Å². The van der Waals surface area contributed by atoms with Crippen LogP contribution in [0.5, 0.6) is 0 Å². The van der Waals surface area contributed by atoms with Gasteiger partial charge in [0, 0.05) is 19.5 Å². The molecule has 3 heteroatoms. The number of unbranched alkanes of at least 4 members (excludes halogenated alkanes) is 1. The van der Waals surface area contributed by atoms with Gasteiger partial charge in [0.1, 0.15) is 5.78 Å². The summed E-state index contributed by atoms with van der Waals surface area (Å²) in [7, 11) is 6.31. The summed E-state index contributed by atoms with van der Waals surface area (Å²) in [6, 6.07) is 0. The highest BCUT2D eigenvalue weighted by molar-refractivity contribution is 5.75. The number of ketones is 1. The minimum Gasteiger partial charge on any atom is -0.308 e. The quantitative estimate of drug-likeness (QED) is 0.551. The van der Waals surface area contributed by atoms with Crippen LogP contribution in [0.2, 0.25) is 0 Å². The first-order valence-corrected chi connectivity index (χ1v) is 5.35. The normalized spacial score (nSPS) is 11.3. The molecule has 0 saturated carbocycles. The molecule has 0 aromatic heterocycles. The Labute approximate surface area is 88.1 Å². The second-order valence-electron chi connectivity index (χ2n) is 4.27. The molecule has 0 bridgehead atoms. The van der Waals surface area contributed by atoms with Gasteiger partial charge < -0.3 is 14.6 Å². The van der Waals surface area contributed by atoms with Crippen molar-refractivity contribution in [2.45, 2.75) is 26.2 Å². The molecule has 84 valence electrons. The number of nitrogens with zero attached hydrogens (tertiary/aromatic N) is 2. The molecular formula is C11H24N2O. The molecule has 0 N–H and O–H groups in total. The van der Waals surface area contributed by atoms with Crippen LogP contribution in [-0.2, 0) is 4.79 Å². The van der Waals surface area contributed by atoms with Crippen LogP contribution in [0, 0.1) is 0 Å². The lowest BCUT2D eigenvalue weighted by Crippen LogP contribution is -2.29. The van der Waals surface area contributed by atoms with E-state index < -0.39 is 0 Å². The Morgan fingerprint density at radius 1 is 1.00 bits per heavy atom. The summed E-state index contributed by atoms with van der Waals surface area (Å²) in [5.74, 6) is 0.306. The molecule has 14 heavy (non-hydrogen) atoms. The molecule has 0 aromatic carbocycles. The van der Waals surface area contributed by atoms with E-state index in [4.69, 9.17) is 0 Å². The number of carbonyl (C=O) groups excluding carboxylic acids is 1. The van der Waals surface area contributed by atoms with Crippen molar-refractivity contribution in [1.29, 1.82) is 0 Å². The Kier molecular flexibility index (Phi) is 7.71. The average molecular weight is 200 g/mol. The standard InChI is InChI=1S/C11H24N2O/c1-11(14)7-5-6-8-13(4)10-9-12(2)3/h5-10H2,1-4H3. The van der Waals surface area contributed by atoms with Crippen LogP contribution >= 0.6 is 0 Å². The topological polar surface area (TPSA) is 23.6 Å². The van der Waals surface area contributed by atoms with Crippen molar-refractivity contribution in [2.24, 2.45) is 0 Å². The smallest absolute Gasteiger partial charge is 0.129 e. The molecule has 0 aliphatic rings. The van der Waals surface area contributed by atoms with E-state index >= 15 is 0 Å². The molecule has 0 fully saturated rings. The van der Waals surface area contributed by atoms with Crippen molar-refractivity contribution in [3.05, 3.63) is 0 Å². The van der Waals surface area contributed by atoms with Gasteiger partial charge >= 0.3 is 0 Å². The Morgan fingerprint density at radius 3 is 2.14 bits per heavy atom. The fraction of sp³-hybridized carbons (Fsp3) is 0.909. The van der Waals surface area contributed by atoms with E-state index in [2.05, 4.69) is 30.9 Å². The number of hydrogen-bond donors (Lipinski definition) is 0. The van der Waals surface area contributed by atoms with Gasteiger partial charge in [0.2, 0.25) is 0 Å². The molecule has 0 spiro atoms. The highest BCUT2D eigenvalue weighted by Gasteiger charge is 1.99. The Bertz CT molecular complexity index is 157. The van der Waals surface area contributed by atoms with Crippen molar-refractivity contribution < 1.29 is 4.79 Å². The fourth-order valence-electron chi connectivity index (χ4n) is 1.24. The number of likely N-dealkylation sites (N-methyl/N-ethyl adjacent to an activating group) is 2. The fourth-order valence-corrected chi connectivity index (χ4v) is 1.24. The summed E-state index contributed by atoms with van der Waals surface area (Å²) < 4.78 is 0. The van der Waals surface area contributed by atoms with Crippen molar-refractivity contribution >= 4 is 5.78 Å². The summed E-state index contributed by atoms with van der Waals surface area (Å²) in [4.78, 5) is 15.2. The van der Waals surface area contributed by atoms with Crippen molar-refractivity contribution in [3.8, 4) is 0 Å². The predicted molar refractivity (Wildman–Crippen MR) is 60.6 cm³/mol. The number of rotatable bonds is 8. The van der Waals surface area contributed by atoms with Gasteiger partial charge in [0.05, 0.1) is 0 Å². The minimum absolute atomic E-state index is 0.306. The maximum Gasteiger partial charge on any atom is 0.129 e. The summed E-state index contributed by atoms with van der Waals surface area (Å²) in [5, 5.41) is 0. The summed E-state index contributed by atoms with van der Waals surface area (Å²) >= 11 is 0. The highest BCUT2D eigenvalue weighted by Crippen LogP contribution is 1.98. The molecular weight excluding hydrogens is 176 g/mol. The average Bonchev–Trinajstić information content (AvgIpc) is 2.08. The molecule has 0 rings (SSSR count). The molecule has 3 nitrogen and oxygen atoms in total. The second kappa shape index (κ2) is 7.94. The maximum absolute atomic E-state index is 10.7. The van der Waals surface area contributed by atoms with Gasteiger partial charge in [0.25, 0.3) is 0 Å². The first kappa shape index (κ1) is 13.6. The Hall–Kier alpha value is -0.410. The third-order valence-corrected chi connectivity index (χ3v) is 2.25. The van der Waals surface area contributed by atoms with Gasteiger partial charge in [-0.15, -0.1) is 0 Å². The molecule has 0 amide bonds. The zero-order valence-corrected chi connectivity index (χ0v) is 10.0. The third-order valence-electron chi connectivity index (χ3n) is 2.25. The van der Waals surface area contributed by atoms with Crippen molar-refractivity contribution in [2.75, 3.05) is 40.8 Å². The molecule has 0 saturated heterocycles. The zero-order valence-electron chi connectivity index (χ0n) is 10.0. The Balaban J connectivity index is 3.26. The van der Waals surface area contributed by atoms with Crippen LogP contribution in [-0.4, -0.2) is 56.4 Å². The van der Waals surface area contributed by atoms with Crippen LogP contribution in [0.3, 0.4) is 0 Å². The molecule has 0 aliphatic carbocycles. The van der Waals surface area contributed by atoms with E-state index in [1.807, 2.05) is 0 Å². The maximum atomic E-state index is 10.7. The molecule has 0 unspecified atom stereocenters. The van der Waals surface area contributed by atoms with Gasteiger partial charge in [-0.05, 0) is 47.5 Å². The van der Waals surface area contributed by atoms with Gasteiger partial charge in [-0.1, -0.05) is 0 Å². The lowest BCUT2D eigenvalue weighted by atomic mass is 10.2. The summed E-state index contributed by atoms with van der Waals surface area (Å²) in [6.07, 6.45) is 2.90. The summed E-state index contributed by atoms with van der Waals surface area (Å²) in [5.41, 5.74) is 0. The SMILES string of the molecule is CC(=O)CCCCN(C)CCN(C)C. The zero-order chi connectivity index (χ0) is 11.0. The van der Waals surface area contributed by atoms with E-state index in [1.165, 1.54) is 0 Å². The molecule has 0 atom stereocenters. The molecule has 0 aliphatic heterocycles. The molecule has 0 aromatic rings. The van der Waals surface area contributed by atoms with E-state index in [1.54, 1.807) is 6.92 Å². The largest absolute Gasteiger partial charge is 0.308 e. The number of Topliss-reactive ketones (excluding diaryl/α,β-unsaturated/α-hetero) is 1. The monoisotopic (exact) mass is 200 g/mol. The Morgan fingerprint density at radius 2 is 1.64 bits per heavy atom. The summed E-state index contributed by atoms with van der Waals surface area (Å²) in [6.45, 7) is 4.97. The van der Waals surface area contributed by atoms with Crippen LogP contribution < -0.4 is 0 Å². The third kappa shape index (κ3) is 9.68. The predicted octanol–water partition coefficient (Wildman–Crippen LogP) is 1.24. The molecule has 0 radical (unpaired) electrons. The van der Waals surface area contributed by atoms with E-state index in [0.717, 1.165) is 38.9 Å².